The van der Waals surface area contributed by atoms with E-state index in [-0.39, 0.29) is 20.5 Å². The highest BCUT2D eigenvalue weighted by Gasteiger charge is 2.41. The zero-order chi connectivity index (χ0) is 16.1. The van der Waals surface area contributed by atoms with Crippen molar-refractivity contribution in [2.75, 3.05) is 0 Å². The molecule has 1 aromatic heterocycles. The van der Waals surface area contributed by atoms with Crippen LogP contribution in [0.15, 0.2) is 40.2 Å². The van der Waals surface area contributed by atoms with Crippen molar-refractivity contribution in [3.05, 3.63) is 56.4 Å². The van der Waals surface area contributed by atoms with Gasteiger partial charge in [0.15, 0.2) is 0 Å². The molecule has 0 unspecified atom stereocenters. The molecule has 0 N–H and O–H groups in total. The lowest BCUT2D eigenvalue weighted by Crippen LogP contribution is -2.37. The van der Waals surface area contributed by atoms with Crippen molar-refractivity contribution >= 4 is 39.1 Å². The van der Waals surface area contributed by atoms with Gasteiger partial charge in [-0.05, 0) is 12.1 Å². The van der Waals surface area contributed by atoms with Crippen LogP contribution in [0, 0.1) is 0 Å². The standard InChI is InChI=1S/C12H7Cl2N3O4S/c13-8-5-15-16(12(19)10(8)14)6-17-11(18)7-3-1-2-4-9(7)22(17,20)21/h1-5H,6H2. The molecule has 1 aliphatic heterocycles. The number of fused-ring (bicyclic) bond motifs is 1. The number of halogens is 2. The number of carbonyl (C=O) groups is 1. The van der Waals surface area contributed by atoms with Crippen molar-refractivity contribution in [3.8, 4) is 0 Å². The van der Waals surface area contributed by atoms with Gasteiger partial charge in [-0.15, -0.1) is 0 Å². The van der Waals surface area contributed by atoms with Crippen molar-refractivity contribution in [1.29, 1.82) is 0 Å². The number of rotatable bonds is 2. The second-order valence-corrected chi connectivity index (χ2v) is 7.02. The van der Waals surface area contributed by atoms with Crippen molar-refractivity contribution in [3.63, 3.8) is 0 Å². The second-order valence-electron chi connectivity index (χ2n) is 4.41. The van der Waals surface area contributed by atoms with Crippen molar-refractivity contribution in [1.82, 2.24) is 14.1 Å². The summed E-state index contributed by atoms with van der Waals surface area (Å²) < 4.78 is 26.1. The SMILES string of the molecule is O=C1c2ccccc2S(=O)(=O)N1Cn1ncc(Cl)c(Cl)c1=O. The average Bonchev–Trinajstić information content (AvgIpc) is 2.69. The zero-order valence-electron chi connectivity index (χ0n) is 10.7. The molecule has 0 atom stereocenters. The minimum absolute atomic E-state index is 0.0515. The molecule has 0 spiro atoms. The molecular weight excluding hydrogens is 353 g/mol. The molecule has 7 nitrogen and oxygen atoms in total. The number of benzene rings is 1. The van der Waals surface area contributed by atoms with Gasteiger partial charge in [0, 0.05) is 0 Å². The van der Waals surface area contributed by atoms with Crippen LogP contribution in [-0.4, -0.2) is 28.4 Å². The number of sulfonamides is 1. The lowest BCUT2D eigenvalue weighted by atomic mass is 10.2. The van der Waals surface area contributed by atoms with Gasteiger partial charge in [-0.2, -0.15) is 5.10 Å². The number of nitrogens with zero attached hydrogens (tertiary/aromatic N) is 3. The molecule has 0 aliphatic carbocycles. The summed E-state index contributed by atoms with van der Waals surface area (Å²) in [7, 11) is -4.03. The minimum atomic E-state index is -4.03. The van der Waals surface area contributed by atoms with Gasteiger partial charge in [-0.3, -0.25) is 9.59 Å². The van der Waals surface area contributed by atoms with Crippen LogP contribution in [0.25, 0.3) is 0 Å². The van der Waals surface area contributed by atoms with Crippen LogP contribution in [0.3, 0.4) is 0 Å². The highest BCUT2D eigenvalue weighted by Crippen LogP contribution is 2.30. The van der Waals surface area contributed by atoms with Gasteiger partial charge in [-0.1, -0.05) is 35.3 Å². The topological polar surface area (TPSA) is 89.3 Å². The van der Waals surface area contributed by atoms with Gasteiger partial charge in [0.05, 0.1) is 16.8 Å². The van der Waals surface area contributed by atoms with E-state index in [1.165, 1.54) is 18.2 Å². The summed E-state index contributed by atoms with van der Waals surface area (Å²) in [6.45, 7) is -0.578. The van der Waals surface area contributed by atoms with Crippen LogP contribution in [-0.2, 0) is 16.7 Å². The molecule has 1 aliphatic rings. The predicted molar refractivity (Wildman–Crippen MR) is 78.3 cm³/mol. The lowest BCUT2D eigenvalue weighted by Gasteiger charge is -2.15. The molecule has 2 aromatic rings. The zero-order valence-corrected chi connectivity index (χ0v) is 13.1. The summed E-state index contributed by atoms with van der Waals surface area (Å²) in [6, 6.07) is 5.80. The van der Waals surface area contributed by atoms with E-state index in [9.17, 15) is 18.0 Å². The smallest absolute Gasteiger partial charge is 0.268 e. The molecule has 22 heavy (non-hydrogen) atoms. The summed E-state index contributed by atoms with van der Waals surface area (Å²) in [6.07, 6.45) is 1.10. The third kappa shape index (κ3) is 2.11. The van der Waals surface area contributed by atoms with E-state index >= 15 is 0 Å². The lowest BCUT2D eigenvalue weighted by molar-refractivity contribution is 0.0838. The first-order valence-corrected chi connectivity index (χ1v) is 8.11. The third-order valence-electron chi connectivity index (χ3n) is 3.12. The Labute approximate surface area is 134 Å². The molecule has 114 valence electrons. The van der Waals surface area contributed by atoms with Crippen LogP contribution in [0.4, 0.5) is 0 Å². The maximum atomic E-state index is 12.4. The van der Waals surface area contributed by atoms with Crippen LogP contribution in [0.1, 0.15) is 10.4 Å². The molecular formula is C12H7Cl2N3O4S. The molecule has 10 heteroatoms. The van der Waals surface area contributed by atoms with Gasteiger partial charge < -0.3 is 0 Å². The minimum Gasteiger partial charge on any atom is -0.268 e. The Morgan fingerprint density at radius 3 is 2.50 bits per heavy atom. The fourth-order valence-electron chi connectivity index (χ4n) is 2.04. The first kappa shape index (κ1) is 15.0. The Kier molecular flexibility index (Phi) is 3.47. The molecule has 0 bridgehead atoms. The molecule has 0 saturated carbocycles. The Bertz CT molecular complexity index is 955. The van der Waals surface area contributed by atoms with E-state index in [0.29, 0.717) is 4.31 Å². The largest absolute Gasteiger partial charge is 0.288 e. The van der Waals surface area contributed by atoms with E-state index < -0.39 is 28.2 Å². The van der Waals surface area contributed by atoms with Crippen LogP contribution in [0.2, 0.25) is 10.0 Å². The molecule has 0 fully saturated rings. The first-order valence-electron chi connectivity index (χ1n) is 5.91. The number of carbonyl (C=O) groups excluding carboxylic acids is 1. The van der Waals surface area contributed by atoms with Crippen molar-refractivity contribution < 1.29 is 13.2 Å². The Morgan fingerprint density at radius 1 is 1.14 bits per heavy atom. The highest BCUT2D eigenvalue weighted by molar-refractivity contribution is 7.90. The van der Waals surface area contributed by atoms with Crippen LogP contribution < -0.4 is 5.56 Å². The van der Waals surface area contributed by atoms with E-state index in [1.807, 2.05) is 0 Å². The van der Waals surface area contributed by atoms with Gasteiger partial charge in [0.2, 0.25) is 0 Å². The fourth-order valence-corrected chi connectivity index (χ4v) is 3.81. The van der Waals surface area contributed by atoms with Gasteiger partial charge in [-0.25, -0.2) is 17.4 Å². The summed E-state index contributed by atoms with van der Waals surface area (Å²) in [4.78, 5) is 24.0. The van der Waals surface area contributed by atoms with Crippen LogP contribution in [0.5, 0.6) is 0 Å². The Balaban J connectivity index is 2.07. The summed E-state index contributed by atoms with van der Waals surface area (Å²) in [5.74, 6) is -0.727. The van der Waals surface area contributed by atoms with E-state index in [2.05, 4.69) is 5.10 Å². The number of hydrogen-bond donors (Lipinski definition) is 0. The van der Waals surface area contributed by atoms with E-state index in [0.717, 1.165) is 10.9 Å². The van der Waals surface area contributed by atoms with Gasteiger partial charge in [0.25, 0.3) is 21.5 Å². The van der Waals surface area contributed by atoms with E-state index in [4.69, 9.17) is 23.2 Å². The maximum absolute atomic E-state index is 12.4. The van der Waals surface area contributed by atoms with Crippen molar-refractivity contribution in [2.24, 2.45) is 0 Å². The average molecular weight is 360 g/mol. The molecule has 0 radical (unpaired) electrons. The number of aromatic nitrogens is 2. The normalized spacial score (nSPS) is 15.9. The summed E-state index contributed by atoms with van der Waals surface area (Å²) in [5.41, 5.74) is -0.733. The van der Waals surface area contributed by atoms with Gasteiger partial charge >= 0.3 is 0 Å². The van der Waals surface area contributed by atoms with E-state index in [1.54, 1.807) is 6.07 Å². The summed E-state index contributed by atoms with van der Waals surface area (Å²) >= 11 is 11.4. The quantitative estimate of drug-likeness (QED) is 0.807. The molecule has 1 aromatic carbocycles. The first-order chi connectivity index (χ1) is 10.3. The second kappa shape index (κ2) is 5.08. The van der Waals surface area contributed by atoms with Crippen molar-refractivity contribution in [2.45, 2.75) is 11.6 Å². The Hall–Kier alpha value is -1.90. The predicted octanol–water partition coefficient (Wildman–Crippen LogP) is 1.35. The van der Waals surface area contributed by atoms with Gasteiger partial charge in [0.1, 0.15) is 16.6 Å². The fraction of sp³-hybridized carbons (Fsp3) is 0.0833. The maximum Gasteiger partial charge on any atom is 0.288 e. The molecule has 3 rings (SSSR count). The third-order valence-corrected chi connectivity index (χ3v) is 5.64. The highest BCUT2D eigenvalue weighted by atomic mass is 35.5. The monoisotopic (exact) mass is 359 g/mol. The number of amides is 1. The molecule has 2 heterocycles. The van der Waals surface area contributed by atoms with Crippen LogP contribution >= 0.6 is 23.2 Å². The molecule has 0 saturated heterocycles. The Morgan fingerprint density at radius 2 is 1.82 bits per heavy atom. The summed E-state index contributed by atoms with van der Waals surface area (Å²) in [5, 5.41) is 3.35. The number of hydrogen-bond acceptors (Lipinski definition) is 5. The molecule has 1 amide bonds.